The van der Waals surface area contributed by atoms with Crippen molar-refractivity contribution in [1.29, 1.82) is 0 Å². The van der Waals surface area contributed by atoms with Crippen molar-refractivity contribution >= 4 is 18.0 Å². The van der Waals surface area contributed by atoms with Gasteiger partial charge in [0.15, 0.2) is 6.61 Å². The van der Waals surface area contributed by atoms with Crippen molar-refractivity contribution in [2.45, 2.75) is 6.54 Å². The van der Waals surface area contributed by atoms with Crippen LogP contribution in [0, 0.1) is 5.82 Å². The fourth-order valence-corrected chi connectivity index (χ4v) is 1.77. The molecule has 0 unspecified atom stereocenters. The van der Waals surface area contributed by atoms with Crippen molar-refractivity contribution in [3.05, 3.63) is 77.6 Å². The summed E-state index contributed by atoms with van der Waals surface area (Å²) >= 11 is 0. The number of hydrogen-bond acceptors (Lipinski definition) is 3. The molecule has 0 saturated heterocycles. The number of esters is 1. The molecule has 0 aliphatic heterocycles. The van der Waals surface area contributed by atoms with E-state index in [9.17, 15) is 14.0 Å². The molecular weight excluding hydrogens is 297 g/mol. The van der Waals surface area contributed by atoms with Crippen LogP contribution < -0.4 is 5.32 Å². The zero-order valence-electron chi connectivity index (χ0n) is 12.4. The molecule has 0 radical (unpaired) electrons. The fourth-order valence-electron chi connectivity index (χ4n) is 1.77. The third kappa shape index (κ3) is 6.13. The van der Waals surface area contributed by atoms with Gasteiger partial charge in [-0.05, 0) is 29.3 Å². The number of carbonyl (C=O) groups is 2. The molecule has 23 heavy (non-hydrogen) atoms. The first-order valence-electron chi connectivity index (χ1n) is 7.04. The van der Waals surface area contributed by atoms with E-state index in [0.717, 1.165) is 11.1 Å². The van der Waals surface area contributed by atoms with Crippen molar-refractivity contribution in [1.82, 2.24) is 5.32 Å². The monoisotopic (exact) mass is 313 g/mol. The van der Waals surface area contributed by atoms with Gasteiger partial charge in [-0.3, -0.25) is 4.79 Å². The van der Waals surface area contributed by atoms with Crippen LogP contribution in [0.5, 0.6) is 0 Å². The third-order valence-electron chi connectivity index (χ3n) is 2.96. The molecule has 0 saturated carbocycles. The number of rotatable bonds is 6. The first kappa shape index (κ1) is 16.4. The van der Waals surface area contributed by atoms with Crippen molar-refractivity contribution < 1.29 is 18.7 Å². The minimum Gasteiger partial charge on any atom is -0.452 e. The van der Waals surface area contributed by atoms with Crippen molar-refractivity contribution in [3.8, 4) is 0 Å². The first-order chi connectivity index (χ1) is 11.1. The zero-order chi connectivity index (χ0) is 16.5. The van der Waals surface area contributed by atoms with Crippen LogP contribution in [0.3, 0.4) is 0 Å². The predicted molar refractivity (Wildman–Crippen MR) is 84.7 cm³/mol. The highest BCUT2D eigenvalue weighted by molar-refractivity contribution is 5.89. The Bertz CT molecular complexity index is 681. The highest BCUT2D eigenvalue weighted by atomic mass is 19.1. The Hall–Kier alpha value is -2.95. The van der Waals surface area contributed by atoms with Gasteiger partial charge in [0.1, 0.15) is 5.82 Å². The minimum absolute atomic E-state index is 0.247. The average Bonchev–Trinajstić information content (AvgIpc) is 2.58. The maximum atomic E-state index is 12.7. The molecule has 2 aromatic carbocycles. The van der Waals surface area contributed by atoms with E-state index in [0.29, 0.717) is 0 Å². The van der Waals surface area contributed by atoms with Gasteiger partial charge in [-0.15, -0.1) is 0 Å². The first-order valence-corrected chi connectivity index (χ1v) is 7.04. The Balaban J connectivity index is 1.70. The van der Waals surface area contributed by atoms with E-state index < -0.39 is 11.9 Å². The van der Waals surface area contributed by atoms with Crippen LogP contribution in [0.25, 0.3) is 6.08 Å². The molecule has 0 aromatic heterocycles. The summed E-state index contributed by atoms with van der Waals surface area (Å²) in [5, 5.41) is 2.58. The van der Waals surface area contributed by atoms with Gasteiger partial charge in [-0.25, -0.2) is 9.18 Å². The normalized spacial score (nSPS) is 10.5. The number of amides is 1. The van der Waals surface area contributed by atoms with Gasteiger partial charge < -0.3 is 10.1 Å². The lowest BCUT2D eigenvalue weighted by molar-refractivity contribution is -0.143. The molecule has 2 rings (SSSR count). The molecule has 5 heteroatoms. The van der Waals surface area contributed by atoms with Crippen molar-refractivity contribution in [2.75, 3.05) is 6.61 Å². The second-order valence-corrected chi connectivity index (χ2v) is 4.75. The summed E-state index contributed by atoms with van der Waals surface area (Å²) in [6, 6.07) is 15.1. The number of carbonyl (C=O) groups excluding carboxylic acids is 2. The summed E-state index contributed by atoms with van der Waals surface area (Å²) < 4.78 is 17.6. The molecule has 0 bridgehead atoms. The number of ether oxygens (including phenoxy) is 1. The van der Waals surface area contributed by atoms with Crippen LogP contribution in [0.15, 0.2) is 60.7 Å². The summed E-state index contributed by atoms with van der Waals surface area (Å²) in [7, 11) is 0. The maximum Gasteiger partial charge on any atom is 0.331 e. The van der Waals surface area contributed by atoms with E-state index in [1.807, 2.05) is 30.3 Å². The molecule has 0 heterocycles. The van der Waals surface area contributed by atoms with E-state index in [1.165, 1.54) is 18.2 Å². The molecule has 0 aliphatic carbocycles. The number of nitrogens with one attached hydrogen (secondary N) is 1. The summed E-state index contributed by atoms with van der Waals surface area (Å²) in [6.45, 7) is -0.115. The van der Waals surface area contributed by atoms with Crippen molar-refractivity contribution in [3.63, 3.8) is 0 Å². The van der Waals surface area contributed by atoms with E-state index >= 15 is 0 Å². The summed E-state index contributed by atoms with van der Waals surface area (Å²) in [5.74, 6) is -1.35. The maximum absolute atomic E-state index is 12.7. The summed E-state index contributed by atoms with van der Waals surface area (Å²) in [5.41, 5.74) is 1.63. The van der Waals surface area contributed by atoms with Gasteiger partial charge in [-0.2, -0.15) is 0 Å². The molecule has 0 aliphatic rings. The van der Waals surface area contributed by atoms with Crippen LogP contribution in [0.4, 0.5) is 4.39 Å². The number of halogens is 1. The molecule has 2 aromatic rings. The van der Waals surface area contributed by atoms with E-state index in [2.05, 4.69) is 5.32 Å². The van der Waals surface area contributed by atoms with Gasteiger partial charge >= 0.3 is 5.97 Å². The second-order valence-electron chi connectivity index (χ2n) is 4.75. The van der Waals surface area contributed by atoms with E-state index in [-0.39, 0.29) is 19.0 Å². The van der Waals surface area contributed by atoms with Gasteiger partial charge in [-0.1, -0.05) is 42.5 Å². The molecular formula is C18H16FNO3. The number of hydrogen-bond donors (Lipinski definition) is 1. The molecule has 0 spiro atoms. The van der Waals surface area contributed by atoms with E-state index in [4.69, 9.17) is 4.74 Å². The molecule has 1 amide bonds. The topological polar surface area (TPSA) is 55.4 Å². The quantitative estimate of drug-likeness (QED) is 0.659. The van der Waals surface area contributed by atoms with Gasteiger partial charge in [0.2, 0.25) is 0 Å². The van der Waals surface area contributed by atoms with Gasteiger partial charge in [0.25, 0.3) is 5.91 Å². The van der Waals surface area contributed by atoms with Crippen LogP contribution >= 0.6 is 0 Å². The highest BCUT2D eigenvalue weighted by Gasteiger charge is 2.05. The largest absolute Gasteiger partial charge is 0.452 e. The van der Waals surface area contributed by atoms with E-state index in [1.54, 1.807) is 18.2 Å². The van der Waals surface area contributed by atoms with Gasteiger partial charge in [0.05, 0.1) is 0 Å². The standard InChI is InChI=1S/C18H16FNO3/c19-16-9-6-15(7-10-16)12-20-17(21)13-23-18(22)11-8-14-4-2-1-3-5-14/h1-11H,12-13H2,(H,20,21)/b11-8+. The van der Waals surface area contributed by atoms with Crippen LogP contribution in [-0.2, 0) is 20.9 Å². The lowest BCUT2D eigenvalue weighted by Crippen LogP contribution is -2.28. The Morgan fingerprint density at radius 3 is 2.43 bits per heavy atom. The Morgan fingerprint density at radius 1 is 1.04 bits per heavy atom. The van der Waals surface area contributed by atoms with Gasteiger partial charge in [0, 0.05) is 12.6 Å². The molecule has 118 valence electrons. The molecule has 1 N–H and O–H groups in total. The summed E-state index contributed by atoms with van der Waals surface area (Å²) in [4.78, 5) is 23.1. The second kappa shape index (κ2) is 8.48. The third-order valence-corrected chi connectivity index (χ3v) is 2.96. The highest BCUT2D eigenvalue weighted by Crippen LogP contribution is 2.02. The average molecular weight is 313 g/mol. The Labute approximate surface area is 133 Å². The molecule has 0 atom stereocenters. The minimum atomic E-state index is -0.592. The predicted octanol–water partition coefficient (Wildman–Crippen LogP) is 2.70. The Morgan fingerprint density at radius 2 is 1.74 bits per heavy atom. The zero-order valence-corrected chi connectivity index (χ0v) is 12.4. The lowest BCUT2D eigenvalue weighted by atomic mass is 10.2. The van der Waals surface area contributed by atoms with Crippen molar-refractivity contribution in [2.24, 2.45) is 0 Å². The molecule has 0 fully saturated rings. The number of benzene rings is 2. The van der Waals surface area contributed by atoms with Crippen LogP contribution in [0.1, 0.15) is 11.1 Å². The van der Waals surface area contributed by atoms with Crippen LogP contribution in [0.2, 0.25) is 0 Å². The smallest absolute Gasteiger partial charge is 0.331 e. The summed E-state index contributed by atoms with van der Waals surface area (Å²) in [6.07, 6.45) is 2.88. The fraction of sp³-hybridized carbons (Fsp3) is 0.111. The molecule has 4 nitrogen and oxygen atoms in total. The van der Waals surface area contributed by atoms with Crippen LogP contribution in [-0.4, -0.2) is 18.5 Å². The Kier molecular flexibility index (Phi) is 6.06. The SMILES string of the molecule is O=C(COC(=O)/C=C/c1ccccc1)NCc1ccc(F)cc1. The lowest BCUT2D eigenvalue weighted by Gasteiger charge is -2.05.